The summed E-state index contributed by atoms with van der Waals surface area (Å²) in [5.41, 5.74) is 10.3. The maximum atomic E-state index is 2.41. The molecule has 0 saturated heterocycles. The number of aromatic nitrogens is 1. The van der Waals surface area contributed by atoms with Crippen molar-refractivity contribution in [2.45, 2.75) is 0 Å². The van der Waals surface area contributed by atoms with Crippen molar-refractivity contribution >= 4 is 87.4 Å². The molecular weight excluding hydrogens is 651 g/mol. The van der Waals surface area contributed by atoms with Crippen molar-refractivity contribution < 1.29 is 0 Å². The van der Waals surface area contributed by atoms with Gasteiger partial charge in [0.05, 0.1) is 21.4 Å². The molecule has 0 atom stereocenters. The highest BCUT2D eigenvalue weighted by Gasteiger charge is 2.20. The number of hydrogen-bond acceptors (Lipinski definition) is 3. The summed E-state index contributed by atoms with van der Waals surface area (Å²) in [6, 6.07) is 72.0. The van der Waals surface area contributed by atoms with Crippen LogP contribution in [-0.2, 0) is 0 Å². The van der Waals surface area contributed by atoms with Gasteiger partial charge in [0.15, 0.2) is 0 Å². The second-order valence-electron chi connectivity index (χ2n) is 13.0. The van der Waals surface area contributed by atoms with Gasteiger partial charge in [-0.2, -0.15) is 0 Å². The number of fused-ring (bicyclic) bond motifs is 6. The lowest BCUT2D eigenvalue weighted by Gasteiger charge is -2.28. The molecule has 2 aromatic heterocycles. The Morgan fingerprint density at radius 1 is 0.327 bits per heavy atom. The molecule has 0 aliphatic carbocycles. The third-order valence-electron chi connectivity index (χ3n) is 9.97. The molecule has 0 spiro atoms. The molecule has 3 nitrogen and oxygen atoms in total. The van der Waals surface area contributed by atoms with E-state index in [-0.39, 0.29) is 0 Å². The van der Waals surface area contributed by atoms with Gasteiger partial charge < -0.3 is 14.4 Å². The van der Waals surface area contributed by atoms with Crippen molar-refractivity contribution in [2.24, 2.45) is 0 Å². The largest absolute Gasteiger partial charge is 0.311 e. The van der Waals surface area contributed by atoms with E-state index in [0.29, 0.717) is 0 Å². The van der Waals surface area contributed by atoms with Crippen molar-refractivity contribution in [1.29, 1.82) is 0 Å². The zero-order chi connectivity index (χ0) is 34.4. The van der Waals surface area contributed by atoms with Crippen LogP contribution < -0.4 is 9.80 Å². The summed E-state index contributed by atoms with van der Waals surface area (Å²) >= 11 is 1.86. The molecule has 0 amide bonds. The molecule has 4 heteroatoms. The van der Waals surface area contributed by atoms with Crippen molar-refractivity contribution in [3.63, 3.8) is 0 Å². The van der Waals surface area contributed by atoms with Crippen LogP contribution in [0.1, 0.15) is 0 Å². The predicted molar refractivity (Wildman–Crippen MR) is 223 cm³/mol. The Hall–Kier alpha value is -6.62. The molecule has 2 heterocycles. The minimum atomic E-state index is 1.10. The maximum Gasteiger partial charge on any atom is 0.0640 e. The number of para-hydroxylation sites is 4. The number of anilines is 6. The smallest absolute Gasteiger partial charge is 0.0640 e. The molecule has 52 heavy (non-hydrogen) atoms. The monoisotopic (exact) mass is 683 g/mol. The van der Waals surface area contributed by atoms with E-state index in [9.17, 15) is 0 Å². The summed E-state index contributed by atoms with van der Waals surface area (Å²) in [6.45, 7) is 0. The number of rotatable bonds is 7. The minimum absolute atomic E-state index is 1.10. The van der Waals surface area contributed by atoms with Crippen LogP contribution in [0.2, 0.25) is 0 Å². The van der Waals surface area contributed by atoms with Crippen LogP contribution in [0.4, 0.5) is 34.1 Å². The highest BCUT2D eigenvalue weighted by molar-refractivity contribution is 7.26. The van der Waals surface area contributed by atoms with Crippen LogP contribution in [0.3, 0.4) is 0 Å². The second kappa shape index (κ2) is 12.6. The quantitative estimate of drug-likeness (QED) is 0.166. The second-order valence-corrected chi connectivity index (χ2v) is 14.0. The van der Waals surface area contributed by atoms with Crippen LogP contribution in [-0.4, -0.2) is 4.57 Å². The zero-order valence-electron chi connectivity index (χ0n) is 28.3. The van der Waals surface area contributed by atoms with Gasteiger partial charge in [0.25, 0.3) is 0 Å². The van der Waals surface area contributed by atoms with Gasteiger partial charge in [-0.15, -0.1) is 11.3 Å². The molecule has 0 saturated carbocycles. The van der Waals surface area contributed by atoms with Crippen molar-refractivity contribution in [1.82, 2.24) is 4.57 Å². The van der Waals surface area contributed by atoms with Gasteiger partial charge in [-0.25, -0.2) is 0 Å². The van der Waals surface area contributed by atoms with Crippen LogP contribution in [0.15, 0.2) is 200 Å². The van der Waals surface area contributed by atoms with Gasteiger partial charge in [0, 0.05) is 60.4 Å². The molecule has 0 fully saturated rings. The van der Waals surface area contributed by atoms with Gasteiger partial charge in [-0.05, 0) is 97.1 Å². The molecule has 8 aromatic carbocycles. The Labute approximate surface area is 306 Å². The summed E-state index contributed by atoms with van der Waals surface area (Å²) in [5.74, 6) is 0. The fourth-order valence-electron chi connectivity index (χ4n) is 7.64. The maximum absolute atomic E-state index is 2.41. The molecule has 0 aliphatic heterocycles. The van der Waals surface area contributed by atoms with Crippen LogP contribution in [0.5, 0.6) is 0 Å². The Morgan fingerprint density at radius 3 is 1.37 bits per heavy atom. The summed E-state index contributed by atoms with van der Waals surface area (Å²) in [5, 5.41) is 5.10. The SMILES string of the molecule is c1ccc(N(c2ccccc2)c2ccc(N(c3ccc(-n4c5ccccc5c5ccccc54)cc3)c3cccc4c3sc3ccccc34)cc2)cc1. The predicted octanol–water partition coefficient (Wildman–Crippen LogP) is 14.1. The lowest BCUT2D eigenvalue weighted by molar-refractivity contribution is 1.17. The first-order valence-corrected chi connectivity index (χ1v) is 18.4. The first kappa shape index (κ1) is 30.2. The van der Waals surface area contributed by atoms with E-state index in [0.717, 1.165) is 34.1 Å². The third-order valence-corrected chi connectivity index (χ3v) is 11.2. The summed E-state index contributed by atoms with van der Waals surface area (Å²) in [6.07, 6.45) is 0. The topological polar surface area (TPSA) is 11.4 Å². The van der Waals surface area contributed by atoms with Crippen molar-refractivity contribution in [3.05, 3.63) is 200 Å². The normalized spacial score (nSPS) is 11.5. The van der Waals surface area contributed by atoms with E-state index in [1.165, 1.54) is 47.7 Å². The Morgan fingerprint density at radius 2 is 0.769 bits per heavy atom. The minimum Gasteiger partial charge on any atom is -0.311 e. The lowest BCUT2D eigenvalue weighted by Crippen LogP contribution is -2.12. The van der Waals surface area contributed by atoms with Crippen molar-refractivity contribution in [2.75, 3.05) is 9.80 Å². The Kier molecular flexibility index (Phi) is 7.33. The first-order chi connectivity index (χ1) is 25.8. The fraction of sp³-hybridized carbons (Fsp3) is 0. The molecule has 0 bridgehead atoms. The molecule has 0 aliphatic rings. The fourth-order valence-corrected chi connectivity index (χ4v) is 8.85. The van der Waals surface area contributed by atoms with E-state index in [2.05, 4.69) is 215 Å². The van der Waals surface area contributed by atoms with Gasteiger partial charge in [-0.1, -0.05) is 103 Å². The number of nitrogens with zero attached hydrogens (tertiary/aromatic N) is 3. The van der Waals surface area contributed by atoms with Crippen LogP contribution in [0.25, 0.3) is 47.7 Å². The van der Waals surface area contributed by atoms with Crippen LogP contribution in [0, 0.1) is 0 Å². The summed E-state index contributed by atoms with van der Waals surface area (Å²) < 4.78 is 4.94. The van der Waals surface area contributed by atoms with Gasteiger partial charge in [-0.3, -0.25) is 0 Å². The zero-order valence-corrected chi connectivity index (χ0v) is 29.1. The average molecular weight is 684 g/mol. The standard InChI is InChI=1S/C48H33N3S/c1-3-14-34(15-4-1)49(35-16-5-2-6-17-35)36-26-28-37(29-27-36)50(46-24-13-21-43-42-20-9-12-25-47(42)52-48(43)46)38-30-32-39(33-31-38)51-44-22-10-7-18-40(44)41-19-8-11-23-45(41)51/h1-33H. The first-order valence-electron chi connectivity index (χ1n) is 17.6. The van der Waals surface area contributed by atoms with E-state index >= 15 is 0 Å². The number of hydrogen-bond donors (Lipinski definition) is 0. The van der Waals surface area contributed by atoms with E-state index in [1.54, 1.807) is 0 Å². The van der Waals surface area contributed by atoms with E-state index in [1.807, 2.05) is 11.3 Å². The molecule has 10 rings (SSSR count). The molecule has 0 N–H and O–H groups in total. The van der Waals surface area contributed by atoms with E-state index in [4.69, 9.17) is 0 Å². The lowest BCUT2D eigenvalue weighted by atomic mass is 10.1. The number of benzene rings is 8. The van der Waals surface area contributed by atoms with Crippen molar-refractivity contribution in [3.8, 4) is 5.69 Å². The Bertz CT molecular complexity index is 2740. The number of thiophene rings is 1. The highest BCUT2D eigenvalue weighted by Crippen LogP contribution is 2.46. The molecular formula is C48H33N3S. The third kappa shape index (κ3) is 5.04. The van der Waals surface area contributed by atoms with Crippen LogP contribution >= 0.6 is 11.3 Å². The Balaban J connectivity index is 1.13. The van der Waals surface area contributed by atoms with E-state index < -0.39 is 0 Å². The molecule has 0 radical (unpaired) electrons. The summed E-state index contributed by atoms with van der Waals surface area (Å²) in [7, 11) is 0. The molecule has 10 aromatic rings. The average Bonchev–Trinajstić information content (AvgIpc) is 3.77. The summed E-state index contributed by atoms with van der Waals surface area (Å²) in [4.78, 5) is 4.72. The van der Waals surface area contributed by atoms with Gasteiger partial charge >= 0.3 is 0 Å². The van der Waals surface area contributed by atoms with Gasteiger partial charge in [0.2, 0.25) is 0 Å². The highest BCUT2D eigenvalue weighted by atomic mass is 32.1. The molecule has 246 valence electrons. The molecule has 0 unspecified atom stereocenters. The van der Waals surface area contributed by atoms with Gasteiger partial charge in [0.1, 0.15) is 0 Å².